The Balaban J connectivity index is 2.31. The fourth-order valence-corrected chi connectivity index (χ4v) is 3.76. The minimum Gasteiger partial charge on any atom is -0.330 e. The standard InChI is InChI=1S/C12H18N2S/c1-10-3-2-4-11(14-10)12(5-7-13)6-8-15-9-12/h2-4H,5-9,13H2,1H3. The molecule has 1 aliphatic rings. The highest BCUT2D eigenvalue weighted by Gasteiger charge is 2.36. The van der Waals surface area contributed by atoms with Gasteiger partial charge in [0.25, 0.3) is 0 Å². The van der Waals surface area contributed by atoms with Crippen molar-refractivity contribution in [1.29, 1.82) is 0 Å². The number of thioether (sulfide) groups is 1. The molecule has 3 heteroatoms. The summed E-state index contributed by atoms with van der Waals surface area (Å²) in [6, 6.07) is 6.33. The van der Waals surface area contributed by atoms with Gasteiger partial charge in [0.15, 0.2) is 0 Å². The lowest BCUT2D eigenvalue weighted by Gasteiger charge is -2.27. The first-order valence-electron chi connectivity index (χ1n) is 5.49. The van der Waals surface area contributed by atoms with Crippen LogP contribution in [0.4, 0.5) is 0 Å². The number of hydrogen-bond donors (Lipinski definition) is 1. The van der Waals surface area contributed by atoms with Crippen LogP contribution in [0.1, 0.15) is 24.2 Å². The van der Waals surface area contributed by atoms with Gasteiger partial charge >= 0.3 is 0 Å². The number of nitrogens with zero attached hydrogens (tertiary/aromatic N) is 1. The molecule has 0 aromatic carbocycles. The van der Waals surface area contributed by atoms with Crippen molar-refractivity contribution in [3.63, 3.8) is 0 Å². The predicted octanol–water partition coefficient (Wildman–Crippen LogP) is 2.11. The second kappa shape index (κ2) is 4.54. The van der Waals surface area contributed by atoms with Crippen molar-refractivity contribution in [2.45, 2.75) is 25.2 Å². The maximum atomic E-state index is 5.73. The third-order valence-corrected chi connectivity index (χ3v) is 4.41. The highest BCUT2D eigenvalue weighted by atomic mass is 32.2. The number of nitrogens with two attached hydrogens (primary N) is 1. The average Bonchev–Trinajstić information content (AvgIpc) is 2.68. The van der Waals surface area contributed by atoms with E-state index < -0.39 is 0 Å². The van der Waals surface area contributed by atoms with Gasteiger partial charge in [0, 0.05) is 22.6 Å². The van der Waals surface area contributed by atoms with Gasteiger partial charge in [-0.1, -0.05) is 6.07 Å². The number of pyridine rings is 1. The first-order chi connectivity index (χ1) is 7.27. The Morgan fingerprint density at radius 3 is 3.00 bits per heavy atom. The summed E-state index contributed by atoms with van der Waals surface area (Å²) < 4.78 is 0. The zero-order valence-electron chi connectivity index (χ0n) is 9.20. The van der Waals surface area contributed by atoms with Crippen molar-refractivity contribution in [3.8, 4) is 0 Å². The fraction of sp³-hybridized carbons (Fsp3) is 0.583. The van der Waals surface area contributed by atoms with Gasteiger partial charge in [0.2, 0.25) is 0 Å². The molecule has 1 saturated heterocycles. The second-order valence-electron chi connectivity index (χ2n) is 4.29. The summed E-state index contributed by atoms with van der Waals surface area (Å²) >= 11 is 2.03. The van der Waals surface area contributed by atoms with E-state index in [1.165, 1.54) is 23.6 Å². The lowest BCUT2D eigenvalue weighted by molar-refractivity contribution is 0.439. The minimum atomic E-state index is 0.255. The largest absolute Gasteiger partial charge is 0.330 e. The van der Waals surface area contributed by atoms with Crippen molar-refractivity contribution < 1.29 is 0 Å². The number of hydrogen-bond acceptors (Lipinski definition) is 3. The van der Waals surface area contributed by atoms with Gasteiger partial charge < -0.3 is 5.73 Å². The number of rotatable bonds is 3. The summed E-state index contributed by atoms with van der Waals surface area (Å²) in [7, 11) is 0. The van der Waals surface area contributed by atoms with Crippen LogP contribution in [0, 0.1) is 6.92 Å². The topological polar surface area (TPSA) is 38.9 Å². The summed E-state index contributed by atoms with van der Waals surface area (Å²) in [5.41, 5.74) is 8.35. The first kappa shape index (κ1) is 11.0. The Labute approximate surface area is 95.7 Å². The third kappa shape index (κ3) is 2.18. The van der Waals surface area contributed by atoms with Gasteiger partial charge in [-0.15, -0.1) is 0 Å². The molecule has 0 saturated carbocycles. The third-order valence-electron chi connectivity index (χ3n) is 3.16. The zero-order chi connectivity index (χ0) is 10.7. The smallest absolute Gasteiger partial charge is 0.0477 e. The molecule has 82 valence electrons. The normalized spacial score (nSPS) is 25.7. The molecular formula is C12H18N2S. The van der Waals surface area contributed by atoms with E-state index in [0.29, 0.717) is 0 Å². The molecule has 2 nitrogen and oxygen atoms in total. The van der Waals surface area contributed by atoms with Crippen molar-refractivity contribution in [2.24, 2.45) is 5.73 Å². The van der Waals surface area contributed by atoms with Crippen LogP contribution in [0.15, 0.2) is 18.2 Å². The summed E-state index contributed by atoms with van der Waals surface area (Å²) in [5, 5.41) is 0. The number of aryl methyl sites for hydroxylation is 1. The summed E-state index contributed by atoms with van der Waals surface area (Å²) in [5.74, 6) is 2.43. The lowest BCUT2D eigenvalue weighted by Crippen LogP contribution is -2.30. The average molecular weight is 222 g/mol. The maximum Gasteiger partial charge on any atom is 0.0477 e. The highest BCUT2D eigenvalue weighted by Crippen LogP contribution is 2.40. The van der Waals surface area contributed by atoms with Crippen LogP contribution >= 0.6 is 11.8 Å². The molecule has 1 aromatic rings. The Morgan fingerprint density at radius 2 is 2.40 bits per heavy atom. The van der Waals surface area contributed by atoms with Crippen LogP contribution in [-0.2, 0) is 5.41 Å². The van der Waals surface area contributed by atoms with Crippen LogP contribution in [0.2, 0.25) is 0 Å². The van der Waals surface area contributed by atoms with Gasteiger partial charge in [-0.05, 0) is 44.2 Å². The van der Waals surface area contributed by atoms with Crippen LogP contribution in [0.5, 0.6) is 0 Å². The van der Waals surface area contributed by atoms with E-state index in [4.69, 9.17) is 5.73 Å². The van der Waals surface area contributed by atoms with E-state index >= 15 is 0 Å². The maximum absolute atomic E-state index is 5.73. The van der Waals surface area contributed by atoms with E-state index in [9.17, 15) is 0 Å². The Morgan fingerprint density at radius 1 is 1.53 bits per heavy atom. The summed E-state index contributed by atoms with van der Waals surface area (Å²) in [6.07, 6.45) is 2.29. The van der Waals surface area contributed by atoms with Crippen LogP contribution in [0.3, 0.4) is 0 Å². The molecule has 2 heterocycles. The first-order valence-corrected chi connectivity index (χ1v) is 6.64. The molecule has 2 N–H and O–H groups in total. The lowest BCUT2D eigenvalue weighted by atomic mass is 9.80. The molecule has 0 amide bonds. The van der Waals surface area contributed by atoms with Crippen LogP contribution in [0.25, 0.3) is 0 Å². The monoisotopic (exact) mass is 222 g/mol. The molecule has 1 aromatic heterocycles. The van der Waals surface area contributed by atoms with Crippen molar-refractivity contribution >= 4 is 11.8 Å². The molecule has 2 rings (SSSR count). The molecule has 1 aliphatic heterocycles. The van der Waals surface area contributed by atoms with E-state index in [1.54, 1.807) is 0 Å². The molecular weight excluding hydrogens is 204 g/mol. The van der Waals surface area contributed by atoms with Gasteiger partial charge in [0.05, 0.1) is 0 Å². The van der Waals surface area contributed by atoms with Gasteiger partial charge in [-0.25, -0.2) is 0 Å². The molecule has 1 unspecified atom stereocenters. The van der Waals surface area contributed by atoms with Crippen molar-refractivity contribution in [1.82, 2.24) is 4.98 Å². The number of aromatic nitrogens is 1. The van der Waals surface area contributed by atoms with E-state index in [1.807, 2.05) is 11.8 Å². The minimum absolute atomic E-state index is 0.255. The van der Waals surface area contributed by atoms with E-state index in [-0.39, 0.29) is 5.41 Å². The van der Waals surface area contributed by atoms with Gasteiger partial charge in [0.1, 0.15) is 0 Å². The quantitative estimate of drug-likeness (QED) is 0.851. The summed E-state index contributed by atoms with van der Waals surface area (Å²) in [4.78, 5) is 4.68. The van der Waals surface area contributed by atoms with Gasteiger partial charge in [-0.2, -0.15) is 11.8 Å². The highest BCUT2D eigenvalue weighted by molar-refractivity contribution is 7.99. The molecule has 1 atom stereocenters. The predicted molar refractivity (Wildman–Crippen MR) is 66.3 cm³/mol. The molecule has 0 aliphatic carbocycles. The second-order valence-corrected chi connectivity index (χ2v) is 5.39. The molecule has 0 radical (unpaired) electrons. The van der Waals surface area contributed by atoms with Crippen molar-refractivity contribution in [2.75, 3.05) is 18.1 Å². The van der Waals surface area contributed by atoms with Crippen LogP contribution in [-0.4, -0.2) is 23.0 Å². The molecule has 0 spiro atoms. The molecule has 1 fully saturated rings. The van der Waals surface area contributed by atoms with Crippen molar-refractivity contribution in [3.05, 3.63) is 29.6 Å². The Bertz CT molecular complexity index is 332. The fourth-order valence-electron chi connectivity index (χ4n) is 2.25. The SMILES string of the molecule is Cc1cccc(C2(CCN)CCSC2)n1. The Hall–Kier alpha value is -0.540. The van der Waals surface area contributed by atoms with Gasteiger partial charge in [-0.3, -0.25) is 4.98 Å². The zero-order valence-corrected chi connectivity index (χ0v) is 10.0. The molecule has 15 heavy (non-hydrogen) atoms. The molecule has 0 bridgehead atoms. The summed E-state index contributed by atoms with van der Waals surface area (Å²) in [6.45, 7) is 2.82. The Kier molecular flexibility index (Phi) is 3.32. The van der Waals surface area contributed by atoms with Crippen LogP contribution < -0.4 is 5.73 Å². The van der Waals surface area contributed by atoms with E-state index in [2.05, 4.69) is 30.1 Å². The van der Waals surface area contributed by atoms with E-state index in [0.717, 1.165) is 18.7 Å².